The van der Waals surface area contributed by atoms with Crippen LogP contribution in [0.3, 0.4) is 0 Å². The van der Waals surface area contributed by atoms with Gasteiger partial charge in [-0.15, -0.1) is 0 Å². The first-order chi connectivity index (χ1) is 8.79. The molecule has 0 spiro atoms. The Balaban J connectivity index is 2.32. The summed E-state index contributed by atoms with van der Waals surface area (Å²) in [5.74, 6) is -0.249. The average Bonchev–Trinajstić information content (AvgIpc) is 2.33. The van der Waals surface area contributed by atoms with Crippen LogP contribution < -0.4 is 9.86 Å². The van der Waals surface area contributed by atoms with E-state index in [2.05, 4.69) is 4.72 Å². The summed E-state index contributed by atoms with van der Waals surface area (Å²) in [6.45, 7) is 0.0769. The van der Waals surface area contributed by atoms with Crippen LogP contribution in [0.15, 0.2) is 30.3 Å². The molecule has 0 fully saturated rings. The molecule has 0 aliphatic carbocycles. The van der Waals surface area contributed by atoms with Crippen LogP contribution in [0, 0.1) is 0 Å². The van der Waals surface area contributed by atoms with Gasteiger partial charge in [-0.25, -0.2) is 26.7 Å². The Bertz CT molecular complexity index is 582. The molecule has 1 rings (SSSR count). The largest absolute Gasteiger partial charge is 0.229 e. The maximum atomic E-state index is 11.6. The number of benzene rings is 1. The van der Waals surface area contributed by atoms with Crippen LogP contribution in [0.1, 0.15) is 12.0 Å². The number of nitrogens with one attached hydrogen (secondary N) is 1. The van der Waals surface area contributed by atoms with Crippen molar-refractivity contribution in [3.05, 3.63) is 35.9 Å². The summed E-state index contributed by atoms with van der Waals surface area (Å²) in [4.78, 5) is 0. The van der Waals surface area contributed by atoms with Crippen LogP contribution in [0.4, 0.5) is 0 Å². The fourth-order valence-electron chi connectivity index (χ4n) is 1.47. The zero-order valence-corrected chi connectivity index (χ0v) is 12.1. The molecule has 1 aromatic carbocycles. The maximum Gasteiger partial charge on any atom is 0.211 e. The van der Waals surface area contributed by atoms with Gasteiger partial charge in [0.2, 0.25) is 20.0 Å². The Kier molecular flexibility index (Phi) is 5.92. The van der Waals surface area contributed by atoms with E-state index in [9.17, 15) is 16.8 Å². The normalized spacial score (nSPS) is 12.5. The Morgan fingerprint density at radius 3 is 2.21 bits per heavy atom. The van der Waals surface area contributed by atoms with Gasteiger partial charge in [-0.1, -0.05) is 30.3 Å². The highest BCUT2D eigenvalue weighted by atomic mass is 32.2. The van der Waals surface area contributed by atoms with Crippen molar-refractivity contribution >= 4 is 20.0 Å². The number of hydrogen-bond acceptors (Lipinski definition) is 4. The summed E-state index contributed by atoms with van der Waals surface area (Å²) < 4.78 is 47.0. The number of aryl methyl sites for hydroxylation is 1. The van der Waals surface area contributed by atoms with E-state index in [0.29, 0.717) is 6.42 Å². The second-order valence-corrected chi connectivity index (χ2v) is 7.83. The summed E-state index contributed by atoms with van der Waals surface area (Å²) in [7, 11) is -6.92. The van der Waals surface area contributed by atoms with E-state index in [1.54, 1.807) is 0 Å². The number of primary sulfonamides is 1. The fraction of sp³-hybridized carbons (Fsp3) is 0.455. The van der Waals surface area contributed by atoms with E-state index in [4.69, 9.17) is 5.14 Å². The van der Waals surface area contributed by atoms with Gasteiger partial charge in [-0.3, -0.25) is 0 Å². The SMILES string of the molecule is NS(=O)(=O)CCCNS(=O)(=O)CCc1ccccc1. The molecule has 0 heterocycles. The minimum atomic E-state index is -3.53. The van der Waals surface area contributed by atoms with Crippen molar-refractivity contribution in [1.29, 1.82) is 0 Å². The van der Waals surface area contributed by atoms with Gasteiger partial charge >= 0.3 is 0 Å². The highest BCUT2D eigenvalue weighted by Crippen LogP contribution is 2.01. The molecule has 0 unspecified atom stereocenters. The number of sulfonamides is 2. The molecule has 0 atom stereocenters. The molecule has 0 aromatic heterocycles. The molecule has 108 valence electrons. The molecule has 8 heteroatoms. The molecular weight excluding hydrogens is 288 g/mol. The van der Waals surface area contributed by atoms with Crippen LogP contribution >= 0.6 is 0 Å². The van der Waals surface area contributed by atoms with Gasteiger partial charge in [0.05, 0.1) is 11.5 Å². The van der Waals surface area contributed by atoms with Crippen molar-refractivity contribution in [3.63, 3.8) is 0 Å². The quantitative estimate of drug-likeness (QED) is 0.650. The first-order valence-electron chi connectivity index (χ1n) is 5.80. The Morgan fingerprint density at radius 1 is 1.00 bits per heavy atom. The first-order valence-corrected chi connectivity index (χ1v) is 9.17. The topological polar surface area (TPSA) is 106 Å². The lowest BCUT2D eigenvalue weighted by Gasteiger charge is -2.06. The van der Waals surface area contributed by atoms with Gasteiger partial charge in [0.15, 0.2) is 0 Å². The lowest BCUT2D eigenvalue weighted by atomic mass is 10.2. The summed E-state index contributed by atoms with van der Waals surface area (Å²) in [5.41, 5.74) is 0.942. The molecule has 0 amide bonds. The van der Waals surface area contributed by atoms with Crippen molar-refractivity contribution < 1.29 is 16.8 Å². The number of rotatable bonds is 8. The zero-order chi connectivity index (χ0) is 14.4. The molecule has 0 aliphatic heterocycles. The highest BCUT2D eigenvalue weighted by Gasteiger charge is 2.10. The van der Waals surface area contributed by atoms with Crippen LogP contribution in [0.25, 0.3) is 0 Å². The van der Waals surface area contributed by atoms with E-state index in [1.807, 2.05) is 30.3 Å². The van der Waals surface area contributed by atoms with Gasteiger partial charge in [0.25, 0.3) is 0 Å². The van der Waals surface area contributed by atoms with E-state index >= 15 is 0 Å². The number of nitrogens with two attached hydrogens (primary N) is 1. The van der Waals surface area contributed by atoms with Crippen molar-refractivity contribution in [2.24, 2.45) is 5.14 Å². The Hall–Kier alpha value is -0.960. The van der Waals surface area contributed by atoms with Crippen molar-refractivity contribution in [2.45, 2.75) is 12.8 Å². The van der Waals surface area contributed by atoms with Crippen molar-refractivity contribution in [1.82, 2.24) is 4.72 Å². The average molecular weight is 306 g/mol. The Morgan fingerprint density at radius 2 is 1.63 bits per heavy atom. The summed E-state index contributed by atoms with van der Waals surface area (Å²) in [6.07, 6.45) is 0.592. The smallest absolute Gasteiger partial charge is 0.211 e. The van der Waals surface area contributed by atoms with Gasteiger partial charge in [-0.2, -0.15) is 0 Å². The van der Waals surface area contributed by atoms with E-state index in [1.165, 1.54) is 0 Å². The van der Waals surface area contributed by atoms with Crippen molar-refractivity contribution in [2.75, 3.05) is 18.1 Å². The molecule has 1 aromatic rings. The zero-order valence-electron chi connectivity index (χ0n) is 10.4. The third-order valence-electron chi connectivity index (χ3n) is 2.43. The molecule has 6 nitrogen and oxygen atoms in total. The third kappa shape index (κ3) is 7.93. The second-order valence-electron chi connectivity index (χ2n) is 4.17. The van der Waals surface area contributed by atoms with Gasteiger partial charge in [0.1, 0.15) is 0 Å². The Labute approximate surface area is 114 Å². The molecule has 19 heavy (non-hydrogen) atoms. The second kappa shape index (κ2) is 6.99. The van der Waals surface area contributed by atoms with Crippen LogP contribution in [-0.4, -0.2) is 34.9 Å². The summed E-state index contributed by atoms with van der Waals surface area (Å²) in [6, 6.07) is 9.28. The van der Waals surface area contributed by atoms with Gasteiger partial charge in [-0.05, 0) is 18.4 Å². The minimum Gasteiger partial charge on any atom is -0.229 e. The first kappa shape index (κ1) is 16.1. The minimum absolute atomic E-state index is 0.0214. The van der Waals surface area contributed by atoms with Gasteiger partial charge in [0, 0.05) is 6.54 Å². The predicted octanol–water partition coefficient (Wildman–Crippen LogP) is -0.173. The van der Waals surface area contributed by atoms with Crippen molar-refractivity contribution in [3.8, 4) is 0 Å². The third-order valence-corrected chi connectivity index (χ3v) is 4.67. The molecule has 0 saturated heterocycles. The molecule has 3 N–H and O–H groups in total. The number of hydrogen-bond donors (Lipinski definition) is 2. The van der Waals surface area contributed by atoms with E-state index in [-0.39, 0.29) is 24.5 Å². The van der Waals surface area contributed by atoms with Gasteiger partial charge < -0.3 is 0 Å². The summed E-state index contributed by atoms with van der Waals surface area (Å²) >= 11 is 0. The maximum absolute atomic E-state index is 11.6. The predicted molar refractivity (Wildman–Crippen MR) is 74.5 cm³/mol. The molecular formula is C11H18N2O4S2. The lowest BCUT2D eigenvalue weighted by molar-refractivity contribution is 0.576. The van der Waals surface area contributed by atoms with Crippen LogP contribution in [0.2, 0.25) is 0 Å². The highest BCUT2D eigenvalue weighted by molar-refractivity contribution is 7.89. The summed E-state index contributed by atoms with van der Waals surface area (Å²) in [5, 5.41) is 4.81. The van der Waals surface area contributed by atoms with Crippen LogP contribution in [0.5, 0.6) is 0 Å². The monoisotopic (exact) mass is 306 g/mol. The molecule has 0 radical (unpaired) electrons. The van der Waals surface area contributed by atoms with E-state index in [0.717, 1.165) is 5.56 Å². The molecule has 0 bridgehead atoms. The molecule has 0 saturated carbocycles. The standard InChI is InChI=1S/C11H18N2O4S2/c12-18(14,15)9-4-8-13-19(16,17)10-7-11-5-2-1-3-6-11/h1-3,5-6,13H,4,7-10H2,(H2,12,14,15). The molecule has 0 aliphatic rings. The van der Waals surface area contributed by atoms with Crippen LogP contribution in [-0.2, 0) is 26.5 Å². The fourth-order valence-corrected chi connectivity index (χ4v) is 3.12. The van der Waals surface area contributed by atoms with E-state index < -0.39 is 20.0 Å². The lowest BCUT2D eigenvalue weighted by Crippen LogP contribution is -2.30.